The number of hydrogen-bond donors (Lipinski definition) is 0. The Balaban J connectivity index is 3.96. The monoisotopic (exact) mass is 139 g/mol. The topological polar surface area (TPSA) is 54.5 Å². The van der Waals surface area contributed by atoms with Crippen LogP contribution in [0.1, 0.15) is 6.92 Å². The Bertz CT molecular complexity index is 185. The summed E-state index contributed by atoms with van der Waals surface area (Å²) >= 11 is 0. The van der Waals surface area contributed by atoms with E-state index < -0.39 is 12.0 Å². The average Bonchev–Trinajstić information content (AvgIpc) is 1.91. The van der Waals surface area contributed by atoms with E-state index in [0.717, 1.165) is 0 Å². The Kier molecular flexibility index (Phi) is 3.67. The van der Waals surface area contributed by atoms with Gasteiger partial charge < -0.3 is 4.74 Å². The van der Waals surface area contributed by atoms with Gasteiger partial charge in [0.15, 0.2) is 6.07 Å². The van der Waals surface area contributed by atoms with Crippen molar-refractivity contribution in [2.45, 2.75) is 13.0 Å². The molecule has 0 saturated carbocycles. The number of hydrogen-bond acceptors (Lipinski definition) is 3. The van der Waals surface area contributed by atoms with Crippen molar-refractivity contribution in [1.82, 2.24) is 0 Å². The summed E-state index contributed by atoms with van der Waals surface area (Å²) in [5.74, 6) is -0.701. The van der Waals surface area contributed by atoms with Crippen molar-refractivity contribution in [3.05, 3.63) is 4.85 Å². The van der Waals surface area contributed by atoms with Crippen LogP contribution in [-0.2, 0) is 9.53 Å². The zero-order valence-corrected chi connectivity index (χ0v) is 5.57. The van der Waals surface area contributed by atoms with E-state index in [9.17, 15) is 4.79 Å². The number of ether oxygens (including phenoxy) is 1. The highest BCUT2D eigenvalue weighted by Gasteiger charge is 2.27. The van der Waals surface area contributed by atoms with Gasteiger partial charge in [-0.2, -0.15) is 5.26 Å². The fourth-order valence-corrected chi connectivity index (χ4v) is 0.368. The molecule has 0 aliphatic carbocycles. The third-order valence-corrected chi connectivity index (χ3v) is 0.781. The van der Waals surface area contributed by atoms with E-state index in [1.807, 2.05) is 0 Å². The molecule has 0 saturated heterocycles. The summed E-state index contributed by atoms with van der Waals surface area (Å²) in [7, 11) is 0. The lowest BCUT2D eigenvalue weighted by Gasteiger charge is -1.93. The van der Waals surface area contributed by atoms with Gasteiger partial charge in [-0.25, -0.2) is 4.79 Å². The second-order valence-corrected chi connectivity index (χ2v) is 1.43. The maximum absolute atomic E-state index is 10.6. The highest BCUT2D eigenvalue weighted by Crippen LogP contribution is 1.91. The number of nitrogens with zero attached hydrogens (tertiary/aromatic N) is 2. The van der Waals surface area contributed by atoms with Crippen LogP contribution in [0, 0.1) is 17.9 Å². The van der Waals surface area contributed by atoms with Crippen LogP contribution in [0.5, 0.6) is 0 Å². The quantitative estimate of drug-likeness (QED) is 0.520. The zero-order chi connectivity index (χ0) is 7.98. The van der Waals surface area contributed by atoms with E-state index in [0.29, 0.717) is 0 Å². The molecule has 4 nitrogen and oxygen atoms in total. The molecule has 1 unspecified atom stereocenters. The Hall–Kier alpha value is -1.55. The lowest BCUT2D eigenvalue weighted by atomic mass is 10.4. The molecule has 0 heterocycles. The molecule has 10 heavy (non-hydrogen) atoms. The molecule has 0 aromatic heterocycles. The van der Waals surface area contributed by atoms with Gasteiger partial charge in [0, 0.05) is 0 Å². The van der Waals surface area contributed by atoms with Crippen molar-refractivity contribution in [3.8, 4) is 12.6 Å². The lowest BCUT2D eigenvalue weighted by Crippen LogP contribution is -2.17. The van der Waals surface area contributed by atoms with E-state index >= 15 is 0 Å². The van der Waals surface area contributed by atoms with Crippen LogP contribution in [-0.4, -0.2) is 18.6 Å². The van der Waals surface area contributed by atoms with E-state index in [-0.39, 0.29) is 6.61 Å². The van der Waals surface area contributed by atoms with Gasteiger partial charge >= 0.3 is 12.0 Å². The third-order valence-electron chi connectivity index (χ3n) is 0.781. The average molecular weight is 139 g/mol. The molecule has 0 rings (SSSR count). The van der Waals surface area contributed by atoms with Crippen LogP contribution < -0.4 is 0 Å². The molecule has 0 aromatic carbocycles. The first-order chi connectivity index (χ1) is 4.76. The molecule has 0 aromatic rings. The minimum Gasteiger partial charge on any atom is -0.459 e. The summed E-state index contributed by atoms with van der Waals surface area (Å²) in [6.45, 7) is 6.59. The van der Waals surface area contributed by atoms with Crippen LogP contribution >= 0.6 is 0 Å². The minimum atomic E-state index is -1.18. The summed E-state index contributed by atoms with van der Waals surface area (Å²) in [6.07, 6.45) is 0. The Morgan fingerprint density at radius 3 is 2.90 bits per heavy atom. The van der Waals surface area contributed by atoms with Crippen molar-refractivity contribution in [2.75, 3.05) is 6.61 Å². The molecular formula is C6H7N2O2+. The molecule has 0 aliphatic heterocycles. The lowest BCUT2D eigenvalue weighted by molar-refractivity contribution is -0.142. The molecule has 0 aliphatic rings. The van der Waals surface area contributed by atoms with Gasteiger partial charge in [-0.1, -0.05) is 4.85 Å². The van der Waals surface area contributed by atoms with Gasteiger partial charge in [-0.3, -0.25) is 0 Å². The molecule has 0 amide bonds. The van der Waals surface area contributed by atoms with Gasteiger partial charge in [-0.15, -0.1) is 0 Å². The maximum atomic E-state index is 10.6. The van der Waals surface area contributed by atoms with Crippen LogP contribution in [0.3, 0.4) is 0 Å². The first kappa shape index (κ1) is 8.45. The van der Waals surface area contributed by atoms with E-state index in [1.54, 1.807) is 13.0 Å². The van der Waals surface area contributed by atoms with Crippen molar-refractivity contribution in [1.29, 1.82) is 5.26 Å². The number of esters is 1. The van der Waals surface area contributed by atoms with E-state index in [2.05, 4.69) is 9.58 Å². The standard InChI is InChI=1S/C6H7N2O2/c1-3-10-6(9)5(4-7)8-2/h2,5H,3H2,1H3/q+1. The van der Waals surface area contributed by atoms with Gasteiger partial charge in [0.2, 0.25) is 0 Å². The van der Waals surface area contributed by atoms with Crippen LogP contribution in [0.4, 0.5) is 0 Å². The summed E-state index contributed by atoms with van der Waals surface area (Å²) in [5, 5.41) is 8.20. The second kappa shape index (κ2) is 4.34. The summed E-state index contributed by atoms with van der Waals surface area (Å²) < 4.78 is 4.45. The second-order valence-electron chi connectivity index (χ2n) is 1.43. The fourth-order valence-electron chi connectivity index (χ4n) is 0.368. The Morgan fingerprint density at radius 1 is 2.00 bits per heavy atom. The number of nitriles is 1. The van der Waals surface area contributed by atoms with Crippen LogP contribution in [0.2, 0.25) is 0 Å². The van der Waals surface area contributed by atoms with E-state index in [1.165, 1.54) is 0 Å². The van der Waals surface area contributed by atoms with Gasteiger partial charge in [-0.05, 0) is 6.92 Å². The minimum absolute atomic E-state index is 0.229. The van der Waals surface area contributed by atoms with Gasteiger partial charge in [0.25, 0.3) is 6.57 Å². The van der Waals surface area contributed by atoms with Gasteiger partial charge in [0.05, 0.1) is 6.61 Å². The fraction of sp³-hybridized carbons (Fsp3) is 0.500. The smallest absolute Gasteiger partial charge is 0.449 e. The van der Waals surface area contributed by atoms with E-state index in [4.69, 9.17) is 11.8 Å². The molecule has 0 spiro atoms. The number of carbonyl (C=O) groups is 1. The van der Waals surface area contributed by atoms with Gasteiger partial charge in [0.1, 0.15) is 0 Å². The first-order valence-electron chi connectivity index (χ1n) is 2.72. The van der Waals surface area contributed by atoms with Crippen molar-refractivity contribution in [2.24, 2.45) is 0 Å². The van der Waals surface area contributed by atoms with Crippen molar-refractivity contribution in [3.63, 3.8) is 0 Å². The summed E-state index contributed by atoms with van der Waals surface area (Å²) in [5.41, 5.74) is 0. The molecular weight excluding hydrogens is 132 g/mol. The SMILES string of the molecule is C#[N+]C(C#N)C(=O)OCC. The summed E-state index contributed by atoms with van der Waals surface area (Å²) in [4.78, 5) is 13.6. The Morgan fingerprint density at radius 2 is 2.60 bits per heavy atom. The van der Waals surface area contributed by atoms with Crippen molar-refractivity contribution >= 4 is 5.97 Å². The Labute approximate surface area is 58.8 Å². The molecule has 0 bridgehead atoms. The zero-order valence-electron chi connectivity index (χ0n) is 5.57. The number of carbonyl (C=O) groups excluding carboxylic acids is 1. The normalized spacial score (nSPS) is 10.7. The highest BCUT2D eigenvalue weighted by molar-refractivity contribution is 5.80. The predicted molar refractivity (Wildman–Crippen MR) is 34.3 cm³/mol. The highest BCUT2D eigenvalue weighted by atomic mass is 16.5. The number of rotatable bonds is 2. The predicted octanol–water partition coefficient (Wildman–Crippen LogP) is 0.404. The molecule has 0 radical (unpaired) electrons. The first-order valence-corrected chi connectivity index (χ1v) is 2.72. The molecule has 1 atom stereocenters. The largest absolute Gasteiger partial charge is 0.459 e. The maximum Gasteiger partial charge on any atom is 0.449 e. The molecule has 0 fully saturated rings. The summed E-state index contributed by atoms with van der Waals surface area (Å²) in [6, 6.07) is 0.389. The van der Waals surface area contributed by atoms with Crippen LogP contribution in [0.15, 0.2) is 0 Å². The third kappa shape index (κ3) is 2.15. The van der Waals surface area contributed by atoms with Crippen molar-refractivity contribution < 1.29 is 9.53 Å². The molecule has 52 valence electrons. The molecule has 4 heteroatoms. The molecule has 0 N–H and O–H groups in total. The van der Waals surface area contributed by atoms with Crippen LogP contribution in [0.25, 0.3) is 4.85 Å².